The number of hydrogen-bond acceptors (Lipinski definition) is 2. The Bertz CT molecular complexity index is 653. The molecule has 2 aromatic rings. The molecule has 0 saturated carbocycles. The van der Waals surface area contributed by atoms with E-state index in [-0.39, 0.29) is 17.0 Å². The van der Waals surface area contributed by atoms with Crippen molar-refractivity contribution in [1.82, 2.24) is 4.98 Å². The molecule has 1 aromatic heterocycles. The standard InChI is InChI=1S/C16H16ClF2NO/c1-16(2,3)14-6-10(9-17)7-15(20-14)21-13-5-4-11(18)8-12(13)19/h4-8H,9H2,1-3H3. The van der Waals surface area contributed by atoms with Gasteiger partial charge in [-0.05, 0) is 23.8 Å². The third-order valence-corrected chi connectivity index (χ3v) is 3.20. The molecule has 0 spiro atoms. The van der Waals surface area contributed by atoms with Crippen LogP contribution in [0.3, 0.4) is 0 Å². The second kappa shape index (κ2) is 5.98. The Morgan fingerprint density at radius 1 is 1.14 bits per heavy atom. The lowest BCUT2D eigenvalue weighted by Gasteiger charge is -2.19. The van der Waals surface area contributed by atoms with Crippen LogP contribution < -0.4 is 4.74 Å². The van der Waals surface area contributed by atoms with Crippen LogP contribution in [0.2, 0.25) is 0 Å². The van der Waals surface area contributed by atoms with E-state index in [0.29, 0.717) is 5.88 Å². The van der Waals surface area contributed by atoms with Gasteiger partial charge in [0.2, 0.25) is 5.88 Å². The lowest BCUT2D eigenvalue weighted by Crippen LogP contribution is -2.14. The van der Waals surface area contributed by atoms with Crippen molar-refractivity contribution in [2.24, 2.45) is 0 Å². The third kappa shape index (κ3) is 3.91. The molecule has 0 aliphatic rings. The predicted octanol–water partition coefficient (Wildman–Crippen LogP) is 5.19. The summed E-state index contributed by atoms with van der Waals surface area (Å²) in [6.07, 6.45) is 0. The zero-order chi connectivity index (χ0) is 15.6. The molecule has 1 aromatic carbocycles. The fraction of sp³-hybridized carbons (Fsp3) is 0.312. The second-order valence-electron chi connectivity index (χ2n) is 5.76. The van der Waals surface area contributed by atoms with E-state index in [1.807, 2.05) is 26.8 Å². The Morgan fingerprint density at radius 2 is 1.86 bits per heavy atom. The molecule has 0 radical (unpaired) electrons. The van der Waals surface area contributed by atoms with E-state index in [0.717, 1.165) is 23.4 Å². The van der Waals surface area contributed by atoms with Gasteiger partial charge in [0.1, 0.15) is 5.82 Å². The number of alkyl halides is 1. The highest BCUT2D eigenvalue weighted by Crippen LogP contribution is 2.28. The number of aromatic nitrogens is 1. The lowest BCUT2D eigenvalue weighted by molar-refractivity contribution is 0.417. The summed E-state index contributed by atoms with van der Waals surface area (Å²) in [4.78, 5) is 4.37. The Hall–Kier alpha value is -1.68. The van der Waals surface area contributed by atoms with Crippen LogP contribution in [0, 0.1) is 11.6 Å². The largest absolute Gasteiger partial charge is 0.436 e. The molecule has 2 nitrogen and oxygen atoms in total. The van der Waals surface area contributed by atoms with Gasteiger partial charge in [-0.3, -0.25) is 0 Å². The summed E-state index contributed by atoms with van der Waals surface area (Å²) in [6, 6.07) is 6.67. The molecule has 0 aliphatic carbocycles. The smallest absolute Gasteiger partial charge is 0.219 e. The minimum absolute atomic E-state index is 0.0736. The third-order valence-electron chi connectivity index (χ3n) is 2.89. The number of nitrogens with zero attached hydrogens (tertiary/aromatic N) is 1. The molecule has 112 valence electrons. The maximum atomic E-state index is 13.6. The van der Waals surface area contributed by atoms with Gasteiger partial charge in [0.25, 0.3) is 0 Å². The van der Waals surface area contributed by atoms with E-state index >= 15 is 0 Å². The van der Waals surface area contributed by atoms with E-state index in [2.05, 4.69) is 4.98 Å². The monoisotopic (exact) mass is 311 g/mol. The first kappa shape index (κ1) is 15.7. The molecule has 5 heteroatoms. The van der Waals surface area contributed by atoms with Crippen LogP contribution in [0.1, 0.15) is 32.0 Å². The average molecular weight is 312 g/mol. The summed E-state index contributed by atoms with van der Waals surface area (Å²) in [5.41, 5.74) is 1.42. The van der Waals surface area contributed by atoms with E-state index in [1.165, 1.54) is 6.07 Å². The van der Waals surface area contributed by atoms with Crippen molar-refractivity contribution in [2.45, 2.75) is 32.1 Å². The first-order valence-corrected chi connectivity index (χ1v) is 7.03. The van der Waals surface area contributed by atoms with Gasteiger partial charge in [0.15, 0.2) is 11.6 Å². The van der Waals surface area contributed by atoms with Gasteiger partial charge >= 0.3 is 0 Å². The van der Waals surface area contributed by atoms with Gasteiger partial charge in [-0.1, -0.05) is 20.8 Å². The molecule has 21 heavy (non-hydrogen) atoms. The van der Waals surface area contributed by atoms with Crippen LogP contribution in [0.5, 0.6) is 11.6 Å². The van der Waals surface area contributed by atoms with E-state index in [1.54, 1.807) is 6.07 Å². The van der Waals surface area contributed by atoms with Crippen molar-refractivity contribution in [3.63, 3.8) is 0 Å². The first-order valence-electron chi connectivity index (χ1n) is 6.50. The summed E-state index contributed by atoms with van der Waals surface area (Å²) >= 11 is 5.87. The highest BCUT2D eigenvalue weighted by atomic mass is 35.5. The molecular weight excluding hydrogens is 296 g/mol. The van der Waals surface area contributed by atoms with Crippen LogP contribution in [-0.2, 0) is 11.3 Å². The highest BCUT2D eigenvalue weighted by Gasteiger charge is 2.18. The number of halogens is 3. The Balaban J connectivity index is 2.39. The van der Waals surface area contributed by atoms with Gasteiger partial charge in [0, 0.05) is 23.4 Å². The fourth-order valence-corrected chi connectivity index (χ4v) is 1.90. The van der Waals surface area contributed by atoms with Crippen molar-refractivity contribution in [1.29, 1.82) is 0 Å². The van der Waals surface area contributed by atoms with E-state index < -0.39 is 11.6 Å². The normalized spacial score (nSPS) is 11.5. The molecule has 0 unspecified atom stereocenters. The SMILES string of the molecule is CC(C)(C)c1cc(CCl)cc(Oc2ccc(F)cc2F)n1. The minimum atomic E-state index is -0.773. The summed E-state index contributed by atoms with van der Waals surface area (Å²) < 4.78 is 32.0. The molecule has 1 heterocycles. The number of hydrogen-bond donors (Lipinski definition) is 0. The Morgan fingerprint density at radius 3 is 2.43 bits per heavy atom. The summed E-state index contributed by atoms with van der Waals surface area (Å²) in [5, 5.41) is 0. The number of pyridine rings is 1. The Kier molecular flexibility index (Phi) is 4.47. The average Bonchev–Trinajstić information content (AvgIpc) is 2.40. The van der Waals surface area contributed by atoms with Crippen LogP contribution in [0.15, 0.2) is 30.3 Å². The number of ether oxygens (including phenoxy) is 1. The van der Waals surface area contributed by atoms with Gasteiger partial charge in [-0.15, -0.1) is 11.6 Å². The molecule has 0 N–H and O–H groups in total. The van der Waals surface area contributed by atoms with Gasteiger partial charge in [-0.25, -0.2) is 13.8 Å². The van der Waals surface area contributed by atoms with Crippen LogP contribution >= 0.6 is 11.6 Å². The highest BCUT2D eigenvalue weighted by molar-refractivity contribution is 6.17. The maximum Gasteiger partial charge on any atom is 0.219 e. The summed E-state index contributed by atoms with van der Waals surface area (Å²) in [5.74, 6) is -0.962. The molecule has 0 bridgehead atoms. The topological polar surface area (TPSA) is 22.1 Å². The summed E-state index contributed by atoms with van der Waals surface area (Å²) in [6.45, 7) is 6.03. The van der Waals surface area contributed by atoms with Crippen LogP contribution in [-0.4, -0.2) is 4.98 Å². The predicted molar refractivity (Wildman–Crippen MR) is 78.9 cm³/mol. The summed E-state index contributed by atoms with van der Waals surface area (Å²) in [7, 11) is 0. The van der Waals surface area contributed by atoms with Gasteiger partial charge in [-0.2, -0.15) is 0 Å². The zero-order valence-corrected chi connectivity index (χ0v) is 12.8. The van der Waals surface area contributed by atoms with Crippen LogP contribution in [0.4, 0.5) is 8.78 Å². The van der Waals surface area contributed by atoms with Crippen LogP contribution in [0.25, 0.3) is 0 Å². The molecule has 0 amide bonds. The molecule has 0 fully saturated rings. The van der Waals surface area contributed by atoms with Gasteiger partial charge in [0.05, 0.1) is 5.69 Å². The van der Waals surface area contributed by atoms with Crippen molar-refractivity contribution >= 4 is 11.6 Å². The van der Waals surface area contributed by atoms with Gasteiger partial charge < -0.3 is 4.74 Å². The van der Waals surface area contributed by atoms with Crippen molar-refractivity contribution in [3.05, 3.63) is 53.2 Å². The van der Waals surface area contributed by atoms with Crippen molar-refractivity contribution in [2.75, 3.05) is 0 Å². The molecule has 0 atom stereocenters. The lowest BCUT2D eigenvalue weighted by atomic mass is 9.91. The maximum absolute atomic E-state index is 13.6. The minimum Gasteiger partial charge on any atom is -0.436 e. The zero-order valence-electron chi connectivity index (χ0n) is 12.1. The quantitative estimate of drug-likeness (QED) is 0.728. The van der Waals surface area contributed by atoms with E-state index in [9.17, 15) is 8.78 Å². The number of benzene rings is 1. The number of rotatable bonds is 3. The fourth-order valence-electron chi connectivity index (χ4n) is 1.74. The van der Waals surface area contributed by atoms with E-state index in [4.69, 9.17) is 16.3 Å². The van der Waals surface area contributed by atoms with Crippen molar-refractivity contribution < 1.29 is 13.5 Å². The molecule has 0 aliphatic heterocycles. The first-order chi connectivity index (χ1) is 9.79. The second-order valence-corrected chi connectivity index (χ2v) is 6.03. The molecular formula is C16H16ClF2NO. The molecule has 0 saturated heterocycles. The molecule has 2 rings (SSSR count). The van der Waals surface area contributed by atoms with Crippen molar-refractivity contribution in [3.8, 4) is 11.6 Å². The Labute approximate surface area is 127 Å².